The number of aryl methyl sites for hydroxylation is 1. The Labute approximate surface area is 139 Å². The topological polar surface area (TPSA) is 86.5 Å². The van der Waals surface area contributed by atoms with E-state index >= 15 is 0 Å². The molecule has 0 unspecified atom stereocenters. The molecule has 0 heterocycles. The number of ketones is 1. The third-order valence-electron chi connectivity index (χ3n) is 3.60. The van der Waals surface area contributed by atoms with Crippen LogP contribution in [0.15, 0.2) is 48.5 Å². The van der Waals surface area contributed by atoms with E-state index in [0.717, 1.165) is 0 Å². The summed E-state index contributed by atoms with van der Waals surface area (Å²) in [4.78, 5) is 34.9. The molecule has 24 heavy (non-hydrogen) atoms. The number of nitrogens with zero attached hydrogens (tertiary/aromatic N) is 1. The Hall–Kier alpha value is -3.02. The first-order chi connectivity index (χ1) is 11.4. The molecule has 0 radical (unpaired) electrons. The van der Waals surface area contributed by atoms with E-state index in [1.807, 2.05) is 0 Å². The summed E-state index contributed by atoms with van der Waals surface area (Å²) in [6, 6.07) is 12.6. The van der Waals surface area contributed by atoms with Gasteiger partial charge in [0, 0.05) is 17.2 Å². The lowest BCUT2D eigenvalue weighted by Gasteiger charge is -2.15. The SMILES string of the molecule is CC[C@@H](OC(=O)c1ccc([N+](=O)[O-])c(C)c1)C(=O)c1ccccc1. The lowest BCUT2D eigenvalue weighted by atomic mass is 10.0. The first-order valence-corrected chi connectivity index (χ1v) is 7.49. The minimum atomic E-state index is -0.893. The second kappa shape index (κ2) is 7.50. The van der Waals surface area contributed by atoms with Crippen molar-refractivity contribution in [2.75, 3.05) is 0 Å². The monoisotopic (exact) mass is 327 g/mol. The van der Waals surface area contributed by atoms with Gasteiger partial charge in [-0.3, -0.25) is 14.9 Å². The van der Waals surface area contributed by atoms with Crippen molar-refractivity contribution in [1.82, 2.24) is 0 Å². The number of carbonyl (C=O) groups excluding carboxylic acids is 2. The molecule has 0 aliphatic heterocycles. The Morgan fingerprint density at radius 2 is 1.79 bits per heavy atom. The Morgan fingerprint density at radius 3 is 2.33 bits per heavy atom. The number of ether oxygens (including phenoxy) is 1. The van der Waals surface area contributed by atoms with Gasteiger partial charge in [-0.05, 0) is 25.5 Å². The molecule has 0 spiro atoms. The number of rotatable bonds is 6. The molecule has 2 aromatic rings. The molecular formula is C18H17NO5. The summed E-state index contributed by atoms with van der Waals surface area (Å²) in [7, 11) is 0. The van der Waals surface area contributed by atoms with Gasteiger partial charge in [0.2, 0.25) is 5.78 Å². The Balaban J connectivity index is 2.16. The normalized spacial score (nSPS) is 11.6. The number of nitro groups is 1. The van der Waals surface area contributed by atoms with Crippen LogP contribution in [0.2, 0.25) is 0 Å². The van der Waals surface area contributed by atoms with E-state index in [-0.39, 0.29) is 17.0 Å². The fourth-order valence-electron chi connectivity index (χ4n) is 2.30. The van der Waals surface area contributed by atoms with Crippen molar-refractivity contribution in [3.63, 3.8) is 0 Å². The van der Waals surface area contributed by atoms with Gasteiger partial charge in [-0.1, -0.05) is 37.3 Å². The summed E-state index contributed by atoms with van der Waals surface area (Å²) < 4.78 is 5.30. The zero-order chi connectivity index (χ0) is 17.7. The van der Waals surface area contributed by atoms with Gasteiger partial charge in [0.1, 0.15) is 0 Å². The van der Waals surface area contributed by atoms with Gasteiger partial charge >= 0.3 is 5.97 Å². The van der Waals surface area contributed by atoms with Crippen LogP contribution in [-0.4, -0.2) is 22.8 Å². The average molecular weight is 327 g/mol. The standard InChI is InChI=1S/C18H17NO5/c1-3-16(17(20)13-7-5-4-6-8-13)24-18(21)14-9-10-15(19(22)23)12(2)11-14/h4-11,16H,3H2,1-2H3/t16-/m1/s1. The molecule has 1 atom stereocenters. The van der Waals surface area contributed by atoms with Gasteiger partial charge < -0.3 is 4.74 Å². The fourth-order valence-corrected chi connectivity index (χ4v) is 2.30. The fraction of sp³-hybridized carbons (Fsp3) is 0.222. The maximum atomic E-state index is 12.4. The number of hydrogen-bond donors (Lipinski definition) is 0. The van der Waals surface area contributed by atoms with Gasteiger partial charge in [0.25, 0.3) is 5.69 Å². The highest BCUT2D eigenvalue weighted by molar-refractivity contribution is 6.01. The molecule has 0 aliphatic rings. The smallest absolute Gasteiger partial charge is 0.338 e. The minimum absolute atomic E-state index is 0.0704. The van der Waals surface area contributed by atoms with E-state index < -0.39 is 17.0 Å². The van der Waals surface area contributed by atoms with E-state index in [2.05, 4.69) is 0 Å². The molecule has 0 aliphatic carbocycles. The predicted octanol–water partition coefficient (Wildman–Crippen LogP) is 3.72. The van der Waals surface area contributed by atoms with Crippen LogP contribution in [0.3, 0.4) is 0 Å². The second-order valence-electron chi connectivity index (χ2n) is 5.29. The third kappa shape index (κ3) is 3.84. The van der Waals surface area contributed by atoms with Gasteiger partial charge in [-0.25, -0.2) is 4.79 Å². The van der Waals surface area contributed by atoms with E-state index in [9.17, 15) is 19.7 Å². The van der Waals surface area contributed by atoms with Crippen LogP contribution in [0.4, 0.5) is 5.69 Å². The van der Waals surface area contributed by atoms with Crippen molar-refractivity contribution in [2.24, 2.45) is 0 Å². The second-order valence-corrected chi connectivity index (χ2v) is 5.29. The summed E-state index contributed by atoms with van der Waals surface area (Å²) in [6.45, 7) is 3.29. The zero-order valence-corrected chi connectivity index (χ0v) is 13.4. The van der Waals surface area contributed by atoms with Gasteiger partial charge in [0.05, 0.1) is 10.5 Å². The number of hydrogen-bond acceptors (Lipinski definition) is 5. The predicted molar refractivity (Wildman–Crippen MR) is 88.1 cm³/mol. The van der Waals surface area contributed by atoms with Crippen molar-refractivity contribution in [1.29, 1.82) is 0 Å². The molecule has 6 heteroatoms. The Kier molecular flexibility index (Phi) is 5.42. The summed E-state index contributed by atoms with van der Waals surface area (Å²) in [5, 5.41) is 10.8. The van der Waals surface area contributed by atoms with E-state index in [4.69, 9.17) is 4.74 Å². The summed E-state index contributed by atoms with van der Waals surface area (Å²) in [5.41, 5.74) is 0.935. The van der Waals surface area contributed by atoms with Crippen LogP contribution in [-0.2, 0) is 4.74 Å². The highest BCUT2D eigenvalue weighted by Crippen LogP contribution is 2.20. The first-order valence-electron chi connectivity index (χ1n) is 7.49. The minimum Gasteiger partial charge on any atom is -0.450 e. The molecule has 2 rings (SSSR count). The maximum absolute atomic E-state index is 12.4. The Morgan fingerprint density at radius 1 is 1.12 bits per heavy atom. The lowest BCUT2D eigenvalue weighted by molar-refractivity contribution is -0.385. The van der Waals surface area contributed by atoms with Crippen molar-refractivity contribution >= 4 is 17.4 Å². The van der Waals surface area contributed by atoms with Gasteiger partial charge in [-0.2, -0.15) is 0 Å². The van der Waals surface area contributed by atoms with Crippen LogP contribution < -0.4 is 0 Å². The van der Waals surface area contributed by atoms with Crippen molar-refractivity contribution in [2.45, 2.75) is 26.4 Å². The van der Waals surface area contributed by atoms with Crippen LogP contribution in [0.5, 0.6) is 0 Å². The van der Waals surface area contributed by atoms with Crippen LogP contribution in [0.25, 0.3) is 0 Å². The van der Waals surface area contributed by atoms with Gasteiger partial charge in [0.15, 0.2) is 6.10 Å². The molecule has 0 amide bonds. The molecule has 0 aromatic heterocycles. The first kappa shape index (κ1) is 17.3. The average Bonchev–Trinajstić information content (AvgIpc) is 2.59. The van der Waals surface area contributed by atoms with Crippen LogP contribution >= 0.6 is 0 Å². The molecule has 0 saturated carbocycles. The van der Waals surface area contributed by atoms with Crippen LogP contribution in [0, 0.1) is 17.0 Å². The maximum Gasteiger partial charge on any atom is 0.338 e. The molecule has 0 fully saturated rings. The molecular weight excluding hydrogens is 310 g/mol. The highest BCUT2D eigenvalue weighted by Gasteiger charge is 2.24. The molecule has 6 nitrogen and oxygen atoms in total. The summed E-state index contributed by atoms with van der Waals surface area (Å²) >= 11 is 0. The quantitative estimate of drug-likeness (QED) is 0.349. The van der Waals surface area contributed by atoms with Crippen molar-refractivity contribution in [3.05, 3.63) is 75.3 Å². The van der Waals surface area contributed by atoms with Crippen LogP contribution in [0.1, 0.15) is 39.6 Å². The summed E-state index contributed by atoms with van der Waals surface area (Å²) in [6.07, 6.45) is -0.554. The lowest BCUT2D eigenvalue weighted by Crippen LogP contribution is -2.27. The van der Waals surface area contributed by atoms with Crippen molar-refractivity contribution < 1.29 is 19.2 Å². The number of nitro benzene ring substituents is 1. The highest BCUT2D eigenvalue weighted by atomic mass is 16.6. The third-order valence-corrected chi connectivity index (χ3v) is 3.60. The van der Waals surface area contributed by atoms with E-state index in [1.165, 1.54) is 18.2 Å². The molecule has 0 bridgehead atoms. The Bertz CT molecular complexity index is 770. The molecule has 2 aromatic carbocycles. The molecule has 124 valence electrons. The summed E-state index contributed by atoms with van der Waals surface area (Å²) in [5.74, 6) is -0.950. The molecule has 0 saturated heterocycles. The van der Waals surface area contributed by atoms with Crippen molar-refractivity contribution in [3.8, 4) is 0 Å². The number of Topliss-reactive ketones (excluding diaryl/α,β-unsaturated/α-hetero) is 1. The molecule has 0 N–H and O–H groups in total. The van der Waals surface area contributed by atoms with E-state index in [0.29, 0.717) is 17.5 Å². The number of carbonyl (C=O) groups is 2. The van der Waals surface area contributed by atoms with Gasteiger partial charge in [-0.15, -0.1) is 0 Å². The van der Waals surface area contributed by atoms with E-state index in [1.54, 1.807) is 44.2 Å². The number of benzene rings is 2. The zero-order valence-electron chi connectivity index (χ0n) is 13.4. The number of esters is 1. The largest absolute Gasteiger partial charge is 0.450 e.